The van der Waals surface area contributed by atoms with Gasteiger partial charge >= 0.3 is 11.6 Å². The largest absolute Gasteiger partial charge is 0.458 e. The van der Waals surface area contributed by atoms with E-state index in [0.29, 0.717) is 17.7 Å². The zero-order valence-corrected chi connectivity index (χ0v) is 14.7. The molecule has 0 spiro atoms. The minimum atomic E-state index is -0.990. The van der Waals surface area contributed by atoms with E-state index in [2.05, 4.69) is 0 Å². The van der Waals surface area contributed by atoms with Crippen LogP contribution in [0.5, 0.6) is 0 Å². The van der Waals surface area contributed by atoms with Gasteiger partial charge in [-0.05, 0) is 18.9 Å². The number of epoxide rings is 1. The highest BCUT2D eigenvalue weighted by molar-refractivity contribution is 5.81. The van der Waals surface area contributed by atoms with Crippen molar-refractivity contribution in [2.75, 3.05) is 0 Å². The highest BCUT2D eigenvalue weighted by Gasteiger charge is 2.76. The zero-order valence-electron chi connectivity index (χ0n) is 14.7. The summed E-state index contributed by atoms with van der Waals surface area (Å²) in [6.45, 7) is 7.79. The fourth-order valence-corrected chi connectivity index (χ4v) is 5.88. The van der Waals surface area contributed by atoms with Crippen LogP contribution >= 0.6 is 0 Å². The lowest BCUT2D eigenvalue weighted by Crippen LogP contribution is -2.57. The lowest BCUT2D eigenvalue weighted by atomic mass is 9.49. The first-order chi connectivity index (χ1) is 11.7. The standard InChI is InChI=1S/C19H22O6/c1-7(2)13-11-8(5-10(20)24-13)19(4)15-14(12(11)21)25-17(22)18(15,3)6-9-16(19)23-9/h5,7,9,12,14-16,21H,6H2,1-4H3/t9?,12-,14?,15?,16?,18+,19-/m1/s1. The number of aliphatic hydroxyl groups excluding tert-OH is 1. The maximum absolute atomic E-state index is 12.7. The van der Waals surface area contributed by atoms with Gasteiger partial charge in [-0.3, -0.25) is 4.79 Å². The molecule has 4 unspecified atom stereocenters. The van der Waals surface area contributed by atoms with Crippen molar-refractivity contribution in [3.8, 4) is 0 Å². The molecule has 0 bridgehead atoms. The molecule has 2 aliphatic heterocycles. The lowest BCUT2D eigenvalue weighted by Gasteiger charge is -2.50. The third-order valence-electron chi connectivity index (χ3n) is 6.91. The van der Waals surface area contributed by atoms with E-state index in [9.17, 15) is 14.7 Å². The predicted octanol–water partition coefficient (Wildman–Crippen LogP) is 1.79. The van der Waals surface area contributed by atoms with Gasteiger partial charge in [0.1, 0.15) is 18.0 Å². The SMILES string of the molecule is CC(C)c1oc(=O)cc2c1[C@@H](O)C1OC(=O)[C@@]3(C)CC4OC4[C@@]2(C)C13. The second-order valence-electron chi connectivity index (χ2n) is 8.70. The maximum atomic E-state index is 12.7. The first-order valence-electron chi connectivity index (χ1n) is 8.92. The Balaban J connectivity index is 1.84. The Bertz CT molecular complexity index is 856. The van der Waals surface area contributed by atoms with E-state index >= 15 is 0 Å². The van der Waals surface area contributed by atoms with Crippen molar-refractivity contribution in [1.82, 2.24) is 0 Å². The summed E-state index contributed by atoms with van der Waals surface area (Å²) < 4.78 is 17.1. The van der Waals surface area contributed by atoms with Crippen LogP contribution in [0.1, 0.15) is 63.0 Å². The molecule has 4 aliphatic rings. The minimum Gasteiger partial charge on any atom is -0.458 e. The number of carbonyl (C=O) groups is 1. The average Bonchev–Trinajstić information content (AvgIpc) is 3.25. The van der Waals surface area contributed by atoms with E-state index in [-0.39, 0.29) is 30.0 Å². The van der Waals surface area contributed by atoms with Crippen LogP contribution in [0.25, 0.3) is 0 Å². The first-order valence-corrected chi connectivity index (χ1v) is 8.92. The van der Waals surface area contributed by atoms with Gasteiger partial charge in [-0.1, -0.05) is 20.8 Å². The molecule has 0 radical (unpaired) electrons. The van der Waals surface area contributed by atoms with Crippen LogP contribution in [0.4, 0.5) is 0 Å². The van der Waals surface area contributed by atoms with E-state index in [1.165, 1.54) is 6.07 Å². The molecule has 0 amide bonds. The summed E-state index contributed by atoms with van der Waals surface area (Å²) in [5.74, 6) is -0.0944. The first kappa shape index (κ1) is 15.6. The van der Waals surface area contributed by atoms with Crippen molar-refractivity contribution in [3.63, 3.8) is 0 Å². The van der Waals surface area contributed by atoms with Gasteiger partial charge in [0, 0.05) is 28.9 Å². The molecule has 5 rings (SSSR count). The molecule has 1 N–H and O–H groups in total. The van der Waals surface area contributed by atoms with Crippen molar-refractivity contribution in [2.45, 2.75) is 69.9 Å². The van der Waals surface area contributed by atoms with Crippen LogP contribution in [0.2, 0.25) is 0 Å². The molecule has 0 aromatic carbocycles. The second kappa shape index (κ2) is 4.35. The number of rotatable bonds is 1. The number of aliphatic hydroxyl groups is 1. The van der Waals surface area contributed by atoms with E-state index in [1.54, 1.807) is 0 Å². The molecule has 134 valence electrons. The molecule has 2 saturated heterocycles. The average molecular weight is 346 g/mol. The summed E-state index contributed by atoms with van der Waals surface area (Å²) in [5, 5.41) is 11.1. The van der Waals surface area contributed by atoms with Crippen molar-refractivity contribution >= 4 is 5.97 Å². The van der Waals surface area contributed by atoms with Crippen molar-refractivity contribution in [2.24, 2.45) is 11.3 Å². The molecule has 1 saturated carbocycles. The topological polar surface area (TPSA) is 89.3 Å². The van der Waals surface area contributed by atoms with Gasteiger partial charge in [-0.15, -0.1) is 0 Å². The monoisotopic (exact) mass is 346 g/mol. The Hall–Kier alpha value is -1.66. The van der Waals surface area contributed by atoms with Crippen molar-refractivity contribution in [1.29, 1.82) is 0 Å². The smallest absolute Gasteiger partial charge is 0.336 e. The second-order valence-corrected chi connectivity index (χ2v) is 8.70. The van der Waals surface area contributed by atoms with E-state index < -0.39 is 28.7 Å². The summed E-state index contributed by atoms with van der Waals surface area (Å²) >= 11 is 0. The van der Waals surface area contributed by atoms with Gasteiger partial charge in [0.05, 0.1) is 17.6 Å². The third kappa shape index (κ3) is 1.63. The summed E-state index contributed by atoms with van der Waals surface area (Å²) in [5.41, 5.74) is -0.319. The van der Waals surface area contributed by atoms with Crippen LogP contribution in [0, 0.1) is 11.3 Å². The predicted molar refractivity (Wildman–Crippen MR) is 86.1 cm³/mol. The molecule has 3 fully saturated rings. The Morgan fingerprint density at radius 2 is 2.00 bits per heavy atom. The molecular weight excluding hydrogens is 324 g/mol. The third-order valence-corrected chi connectivity index (χ3v) is 6.91. The van der Waals surface area contributed by atoms with Crippen LogP contribution in [0.3, 0.4) is 0 Å². The zero-order chi connectivity index (χ0) is 17.9. The molecule has 1 aromatic heterocycles. The maximum Gasteiger partial charge on any atom is 0.336 e. The number of fused-ring (bicyclic) bond motifs is 4. The van der Waals surface area contributed by atoms with E-state index in [1.807, 2.05) is 27.7 Å². The molecule has 2 aliphatic carbocycles. The van der Waals surface area contributed by atoms with Gasteiger partial charge < -0.3 is 19.0 Å². The Labute approximate surface area is 145 Å². The number of esters is 1. The van der Waals surface area contributed by atoms with Gasteiger partial charge in [-0.2, -0.15) is 0 Å². The van der Waals surface area contributed by atoms with E-state index in [4.69, 9.17) is 13.9 Å². The summed E-state index contributed by atoms with van der Waals surface area (Å²) in [6.07, 6.45) is -1.08. The highest BCUT2D eigenvalue weighted by atomic mass is 16.6. The van der Waals surface area contributed by atoms with Crippen LogP contribution < -0.4 is 5.63 Å². The molecule has 3 heterocycles. The summed E-state index contributed by atoms with van der Waals surface area (Å²) in [6, 6.07) is 1.48. The van der Waals surface area contributed by atoms with Crippen LogP contribution in [-0.4, -0.2) is 29.4 Å². The fourth-order valence-electron chi connectivity index (χ4n) is 5.88. The Morgan fingerprint density at radius 3 is 2.68 bits per heavy atom. The highest BCUT2D eigenvalue weighted by Crippen LogP contribution is 2.68. The number of ether oxygens (including phenoxy) is 2. The molecule has 1 aromatic rings. The molecule has 6 nitrogen and oxygen atoms in total. The number of hydrogen-bond acceptors (Lipinski definition) is 6. The van der Waals surface area contributed by atoms with Gasteiger partial charge in [0.25, 0.3) is 0 Å². The van der Waals surface area contributed by atoms with Crippen LogP contribution in [0.15, 0.2) is 15.3 Å². The van der Waals surface area contributed by atoms with Crippen LogP contribution in [-0.2, 0) is 19.7 Å². The molecule has 25 heavy (non-hydrogen) atoms. The van der Waals surface area contributed by atoms with Crippen molar-refractivity contribution < 1.29 is 23.8 Å². The minimum absolute atomic E-state index is 0.00427. The Morgan fingerprint density at radius 1 is 1.28 bits per heavy atom. The molecule has 6 heteroatoms. The fraction of sp³-hybridized carbons (Fsp3) is 0.684. The van der Waals surface area contributed by atoms with Gasteiger partial charge in [-0.25, -0.2) is 4.79 Å². The normalized spacial score (nSPS) is 46.3. The van der Waals surface area contributed by atoms with Gasteiger partial charge in [0.2, 0.25) is 0 Å². The Kier molecular flexibility index (Phi) is 2.71. The molecular formula is C19H22O6. The number of hydrogen-bond donors (Lipinski definition) is 1. The van der Waals surface area contributed by atoms with Gasteiger partial charge in [0.15, 0.2) is 0 Å². The summed E-state index contributed by atoms with van der Waals surface area (Å²) in [4.78, 5) is 24.9. The lowest BCUT2D eigenvalue weighted by molar-refractivity contribution is -0.151. The quantitative estimate of drug-likeness (QED) is 0.616. The van der Waals surface area contributed by atoms with Crippen molar-refractivity contribution in [3.05, 3.63) is 33.4 Å². The number of carbonyl (C=O) groups excluding carboxylic acids is 1. The summed E-state index contributed by atoms with van der Waals surface area (Å²) in [7, 11) is 0. The van der Waals surface area contributed by atoms with E-state index in [0.717, 1.165) is 5.56 Å². The molecule has 7 atom stereocenters.